The molecular weight excluding hydrogens is 358 g/mol. The first-order chi connectivity index (χ1) is 12.6. The Morgan fingerprint density at radius 3 is 2.73 bits per heavy atom. The highest BCUT2D eigenvalue weighted by molar-refractivity contribution is 6.30. The molecule has 2 N–H and O–H groups in total. The zero-order valence-electron chi connectivity index (χ0n) is 13.5. The second-order valence-corrected chi connectivity index (χ2v) is 6.26. The van der Waals surface area contributed by atoms with Gasteiger partial charge in [-0.3, -0.25) is 20.2 Å². The lowest BCUT2D eigenvalue weighted by atomic mass is 10.0. The quantitative estimate of drug-likeness (QED) is 0.848. The molecule has 2 amide bonds. The molecule has 26 heavy (non-hydrogen) atoms. The van der Waals surface area contributed by atoms with Crippen LogP contribution in [0.1, 0.15) is 28.4 Å². The zero-order valence-corrected chi connectivity index (χ0v) is 14.2. The molecule has 132 valence electrons. The molecule has 0 aliphatic carbocycles. The van der Waals surface area contributed by atoms with Gasteiger partial charge >= 0.3 is 0 Å². The Morgan fingerprint density at radius 1 is 1.15 bits per heavy atom. The minimum absolute atomic E-state index is 0.115. The molecule has 1 atom stereocenters. The smallest absolute Gasteiger partial charge is 0.258 e. The summed E-state index contributed by atoms with van der Waals surface area (Å²) in [5.74, 6) is 0.586. The van der Waals surface area contributed by atoms with Crippen LogP contribution in [-0.4, -0.2) is 24.6 Å². The number of carbonyl (C=O) groups is 2. The number of nitrogens with one attached hydrogen (secondary N) is 2. The van der Waals surface area contributed by atoms with Crippen molar-refractivity contribution >= 4 is 29.4 Å². The van der Waals surface area contributed by atoms with E-state index in [2.05, 4.69) is 15.6 Å². The molecule has 8 heteroatoms. The average molecular weight is 372 g/mol. The number of carbonyl (C=O) groups excluding carboxylic acids is 2. The molecule has 7 nitrogen and oxygen atoms in total. The summed E-state index contributed by atoms with van der Waals surface area (Å²) in [6, 6.07) is 11.6. The molecule has 0 aromatic heterocycles. The molecule has 0 radical (unpaired) electrons. The standard InChI is InChI=1S/C18H14ClN3O4/c19-12-4-1-10(2-5-12)13-8-16(23)21-18(20-13)22-17(24)11-3-6-14-15(7-11)26-9-25-14/h1-7,13H,8-9H2,(H2,20,21,22,23,24)/t13-/m1/s1. The van der Waals surface area contributed by atoms with Gasteiger partial charge in [0.25, 0.3) is 5.91 Å². The van der Waals surface area contributed by atoms with Crippen LogP contribution in [0.4, 0.5) is 0 Å². The summed E-state index contributed by atoms with van der Waals surface area (Å²) in [5, 5.41) is 5.81. The van der Waals surface area contributed by atoms with Crippen molar-refractivity contribution in [1.29, 1.82) is 0 Å². The van der Waals surface area contributed by atoms with Crippen LogP contribution in [0.3, 0.4) is 0 Å². The van der Waals surface area contributed by atoms with Gasteiger partial charge in [-0.15, -0.1) is 0 Å². The predicted molar refractivity (Wildman–Crippen MR) is 94.4 cm³/mol. The third-order valence-electron chi connectivity index (χ3n) is 4.04. The molecule has 2 aromatic rings. The largest absolute Gasteiger partial charge is 0.454 e. The van der Waals surface area contributed by atoms with Crippen molar-refractivity contribution in [1.82, 2.24) is 10.6 Å². The number of halogens is 1. The second-order valence-electron chi connectivity index (χ2n) is 5.82. The number of nitrogens with zero attached hydrogens (tertiary/aromatic N) is 1. The summed E-state index contributed by atoms with van der Waals surface area (Å²) in [5.41, 5.74) is 1.22. The molecule has 0 unspecified atom stereocenters. The van der Waals surface area contributed by atoms with Crippen LogP contribution >= 0.6 is 11.6 Å². The predicted octanol–water partition coefficient (Wildman–Crippen LogP) is 2.42. The van der Waals surface area contributed by atoms with Gasteiger partial charge in [0.15, 0.2) is 11.5 Å². The number of rotatable bonds is 2. The summed E-state index contributed by atoms with van der Waals surface area (Å²) in [6.45, 7) is 0.131. The van der Waals surface area contributed by atoms with E-state index in [0.717, 1.165) is 5.56 Å². The monoisotopic (exact) mass is 371 g/mol. The highest BCUT2D eigenvalue weighted by Gasteiger charge is 2.24. The maximum Gasteiger partial charge on any atom is 0.258 e. The number of aliphatic imine (C=N–C) groups is 1. The van der Waals surface area contributed by atoms with E-state index in [9.17, 15) is 9.59 Å². The van der Waals surface area contributed by atoms with Crippen LogP contribution in [-0.2, 0) is 4.79 Å². The minimum atomic E-state index is -0.404. The second kappa shape index (κ2) is 6.68. The third-order valence-corrected chi connectivity index (χ3v) is 4.29. The summed E-state index contributed by atoms with van der Waals surface area (Å²) in [7, 11) is 0. The maximum absolute atomic E-state index is 12.5. The zero-order chi connectivity index (χ0) is 18.1. The number of ether oxygens (including phenoxy) is 2. The van der Waals surface area contributed by atoms with E-state index >= 15 is 0 Å². The number of hydrogen-bond acceptors (Lipinski definition) is 5. The fourth-order valence-electron chi connectivity index (χ4n) is 2.75. The van der Waals surface area contributed by atoms with Crippen molar-refractivity contribution in [3.05, 3.63) is 58.6 Å². The normalized spacial score (nSPS) is 18.1. The van der Waals surface area contributed by atoms with Gasteiger partial charge in [0.05, 0.1) is 12.5 Å². The molecule has 2 aliphatic rings. The Labute approximate surface area is 154 Å². The van der Waals surface area contributed by atoms with E-state index in [1.54, 1.807) is 30.3 Å². The first-order valence-corrected chi connectivity index (χ1v) is 8.30. The molecule has 0 spiro atoms. The number of guanidine groups is 1. The lowest BCUT2D eigenvalue weighted by molar-refractivity contribution is -0.120. The van der Waals surface area contributed by atoms with Gasteiger partial charge in [-0.05, 0) is 35.9 Å². The van der Waals surface area contributed by atoms with Crippen molar-refractivity contribution in [3.8, 4) is 11.5 Å². The summed E-state index contributed by atoms with van der Waals surface area (Å²) >= 11 is 5.89. The number of benzene rings is 2. The van der Waals surface area contributed by atoms with E-state index in [-0.39, 0.29) is 31.1 Å². The van der Waals surface area contributed by atoms with Gasteiger partial charge in [0.1, 0.15) is 0 Å². The molecule has 0 saturated carbocycles. The Morgan fingerprint density at radius 2 is 1.92 bits per heavy atom. The van der Waals surface area contributed by atoms with Gasteiger partial charge in [0.2, 0.25) is 18.7 Å². The maximum atomic E-state index is 12.5. The van der Waals surface area contributed by atoms with Crippen LogP contribution in [0, 0.1) is 0 Å². The Kier molecular flexibility index (Phi) is 4.22. The highest BCUT2D eigenvalue weighted by atomic mass is 35.5. The highest BCUT2D eigenvalue weighted by Crippen LogP contribution is 2.32. The first kappa shape index (κ1) is 16.4. The Bertz CT molecular complexity index is 911. The average Bonchev–Trinajstić information content (AvgIpc) is 3.09. The van der Waals surface area contributed by atoms with E-state index < -0.39 is 5.91 Å². The number of fused-ring (bicyclic) bond motifs is 1. The van der Waals surface area contributed by atoms with Crippen LogP contribution in [0.25, 0.3) is 0 Å². The van der Waals surface area contributed by atoms with Crippen LogP contribution < -0.4 is 20.1 Å². The van der Waals surface area contributed by atoms with Crippen molar-refractivity contribution in [2.45, 2.75) is 12.5 Å². The van der Waals surface area contributed by atoms with Crippen molar-refractivity contribution in [2.75, 3.05) is 6.79 Å². The minimum Gasteiger partial charge on any atom is -0.454 e. The van der Waals surface area contributed by atoms with Crippen LogP contribution in [0.15, 0.2) is 47.5 Å². The van der Waals surface area contributed by atoms with Gasteiger partial charge < -0.3 is 9.47 Å². The fourth-order valence-corrected chi connectivity index (χ4v) is 2.88. The summed E-state index contributed by atoms with van der Waals surface area (Å²) in [4.78, 5) is 28.9. The molecule has 2 aromatic carbocycles. The van der Waals surface area contributed by atoms with Gasteiger partial charge in [-0.1, -0.05) is 23.7 Å². The molecule has 4 rings (SSSR count). The van der Waals surface area contributed by atoms with Crippen molar-refractivity contribution in [3.63, 3.8) is 0 Å². The molecular formula is C18H14ClN3O4. The van der Waals surface area contributed by atoms with E-state index in [0.29, 0.717) is 22.1 Å². The lowest BCUT2D eigenvalue weighted by Crippen LogP contribution is -2.47. The molecule has 0 saturated heterocycles. The number of hydrogen-bond donors (Lipinski definition) is 2. The van der Waals surface area contributed by atoms with E-state index in [4.69, 9.17) is 21.1 Å². The summed E-state index contributed by atoms with van der Waals surface area (Å²) < 4.78 is 10.5. The van der Waals surface area contributed by atoms with E-state index in [1.807, 2.05) is 12.1 Å². The van der Waals surface area contributed by atoms with Crippen molar-refractivity contribution < 1.29 is 19.1 Å². The van der Waals surface area contributed by atoms with E-state index in [1.165, 1.54) is 0 Å². The SMILES string of the molecule is O=C1C[C@H](c2ccc(Cl)cc2)N=C(NC(=O)c2ccc3c(c2)OCO3)N1. The molecule has 0 fully saturated rings. The third kappa shape index (κ3) is 3.34. The summed E-state index contributed by atoms with van der Waals surface area (Å²) in [6.07, 6.45) is 0.199. The first-order valence-electron chi connectivity index (χ1n) is 7.92. The van der Waals surface area contributed by atoms with Crippen molar-refractivity contribution in [2.24, 2.45) is 4.99 Å². The van der Waals surface area contributed by atoms with Gasteiger partial charge in [0, 0.05) is 10.6 Å². The van der Waals surface area contributed by atoms with Gasteiger partial charge in [-0.2, -0.15) is 0 Å². The molecule has 0 bridgehead atoms. The Balaban J connectivity index is 1.53. The Hall–Kier alpha value is -3.06. The number of amides is 2. The lowest BCUT2D eigenvalue weighted by Gasteiger charge is -2.21. The van der Waals surface area contributed by atoms with Crippen LogP contribution in [0.5, 0.6) is 11.5 Å². The molecule has 2 heterocycles. The fraction of sp³-hybridized carbons (Fsp3) is 0.167. The van der Waals surface area contributed by atoms with Crippen LogP contribution in [0.2, 0.25) is 5.02 Å². The topological polar surface area (TPSA) is 89.0 Å². The molecule has 2 aliphatic heterocycles. The van der Waals surface area contributed by atoms with Gasteiger partial charge in [-0.25, -0.2) is 4.99 Å².